The fraction of sp³-hybridized carbons (Fsp3) is 0.105. The minimum absolute atomic E-state index is 0.0434. The molecule has 2 aromatic rings. The molecule has 10 nitrogen and oxygen atoms in total. The van der Waals surface area contributed by atoms with Crippen molar-refractivity contribution in [2.75, 3.05) is 11.5 Å². The van der Waals surface area contributed by atoms with E-state index in [0.29, 0.717) is 0 Å². The summed E-state index contributed by atoms with van der Waals surface area (Å²) in [7, 11) is 0. The second-order valence-electron chi connectivity index (χ2n) is 6.01. The lowest BCUT2D eigenvalue weighted by Crippen LogP contribution is -2.54. The molecule has 0 radical (unpaired) electrons. The number of phenols is 1. The molecule has 0 atom stereocenters. The summed E-state index contributed by atoms with van der Waals surface area (Å²) in [5.41, 5.74) is -0.937. The summed E-state index contributed by atoms with van der Waals surface area (Å²) in [4.78, 5) is 48.5. The Morgan fingerprint density at radius 1 is 1.27 bits per heavy atom. The fourth-order valence-corrected chi connectivity index (χ4v) is 2.96. The Hall–Kier alpha value is -3.92. The number of carbonyl (C=O) groups is 3. The number of aromatic hydroxyl groups is 1. The van der Waals surface area contributed by atoms with E-state index in [1.165, 1.54) is 24.3 Å². The maximum atomic E-state index is 12.9. The summed E-state index contributed by atoms with van der Waals surface area (Å²) in [6.07, 6.45) is 1.07. The maximum absolute atomic E-state index is 12.9. The Bertz CT molecular complexity index is 1110. The van der Waals surface area contributed by atoms with Gasteiger partial charge >= 0.3 is 11.7 Å². The molecule has 0 bridgehead atoms. The smallest absolute Gasteiger partial charge is 0.335 e. The number of imide groups is 2. The normalized spacial score (nSPS) is 15.3. The van der Waals surface area contributed by atoms with Crippen molar-refractivity contribution in [3.63, 3.8) is 0 Å². The van der Waals surface area contributed by atoms with Crippen molar-refractivity contribution in [3.05, 3.63) is 62.7 Å². The molecule has 0 aromatic heterocycles. The van der Waals surface area contributed by atoms with Gasteiger partial charge in [0.25, 0.3) is 11.8 Å². The number of nitrogens with one attached hydrogen (secondary N) is 1. The zero-order chi connectivity index (χ0) is 22.0. The van der Waals surface area contributed by atoms with Crippen LogP contribution in [0.3, 0.4) is 0 Å². The van der Waals surface area contributed by atoms with E-state index in [9.17, 15) is 29.6 Å². The molecule has 1 heterocycles. The average molecular weight is 432 g/mol. The van der Waals surface area contributed by atoms with Gasteiger partial charge in [0.15, 0.2) is 5.75 Å². The number of nitro groups is 1. The van der Waals surface area contributed by atoms with Crippen molar-refractivity contribution in [1.82, 2.24) is 5.32 Å². The molecule has 2 N–H and O–H groups in total. The largest absolute Gasteiger partial charge is 0.500 e. The Labute approximate surface area is 174 Å². The van der Waals surface area contributed by atoms with Gasteiger partial charge in [0, 0.05) is 11.1 Å². The first kappa shape index (κ1) is 20.8. The Kier molecular flexibility index (Phi) is 5.70. The van der Waals surface area contributed by atoms with Crippen molar-refractivity contribution < 1.29 is 29.2 Å². The van der Waals surface area contributed by atoms with Crippen molar-refractivity contribution in [2.45, 2.75) is 6.92 Å². The van der Waals surface area contributed by atoms with Crippen LogP contribution in [0, 0.1) is 10.1 Å². The van der Waals surface area contributed by atoms with Gasteiger partial charge in [-0.05, 0) is 42.8 Å². The molecule has 2 aromatic carbocycles. The first-order chi connectivity index (χ1) is 14.2. The van der Waals surface area contributed by atoms with Crippen LogP contribution in [-0.4, -0.2) is 34.5 Å². The van der Waals surface area contributed by atoms with Gasteiger partial charge < -0.3 is 9.84 Å². The zero-order valence-corrected chi connectivity index (χ0v) is 16.2. The van der Waals surface area contributed by atoms with E-state index >= 15 is 0 Å². The summed E-state index contributed by atoms with van der Waals surface area (Å²) in [5, 5.41) is 23.5. The number of rotatable bonds is 5. The molecule has 1 aliphatic rings. The van der Waals surface area contributed by atoms with Crippen molar-refractivity contribution >= 4 is 46.9 Å². The van der Waals surface area contributed by atoms with Gasteiger partial charge in [-0.3, -0.25) is 25.0 Å². The summed E-state index contributed by atoms with van der Waals surface area (Å²) < 4.78 is 5.18. The highest BCUT2D eigenvalue weighted by atomic mass is 35.5. The standard InChI is InChI=1S/C19H14ClN3O7/c1-2-30-15-8-10(7-14(16(15)24)23(28)29)6-13-17(25)21-19(27)22(18(13)26)12-5-3-4-11(20)9-12/h3-9,24H,2H2,1H3,(H,21,25,27). The second-order valence-corrected chi connectivity index (χ2v) is 6.45. The van der Waals surface area contributed by atoms with E-state index in [1.807, 2.05) is 5.32 Å². The number of nitrogens with zero attached hydrogens (tertiary/aromatic N) is 2. The van der Waals surface area contributed by atoms with Gasteiger partial charge in [-0.25, -0.2) is 9.69 Å². The van der Waals surface area contributed by atoms with Gasteiger partial charge in [0.2, 0.25) is 5.75 Å². The number of amides is 4. The number of carbonyl (C=O) groups excluding carboxylic acids is 3. The first-order valence-corrected chi connectivity index (χ1v) is 8.92. The lowest BCUT2D eigenvalue weighted by Gasteiger charge is -2.26. The molecule has 1 fully saturated rings. The third-order valence-electron chi connectivity index (χ3n) is 4.05. The topological polar surface area (TPSA) is 139 Å². The van der Waals surface area contributed by atoms with Gasteiger partial charge in [-0.1, -0.05) is 17.7 Å². The average Bonchev–Trinajstić information content (AvgIpc) is 2.67. The molecule has 0 saturated carbocycles. The predicted molar refractivity (Wildman–Crippen MR) is 106 cm³/mol. The maximum Gasteiger partial charge on any atom is 0.335 e. The van der Waals surface area contributed by atoms with Crippen LogP contribution in [0.4, 0.5) is 16.2 Å². The van der Waals surface area contributed by atoms with Crippen LogP contribution >= 0.6 is 11.6 Å². The monoisotopic (exact) mass is 431 g/mol. The molecule has 30 heavy (non-hydrogen) atoms. The van der Waals surface area contributed by atoms with Gasteiger partial charge in [-0.2, -0.15) is 0 Å². The Balaban J connectivity index is 2.09. The van der Waals surface area contributed by atoms with Crippen LogP contribution in [0.1, 0.15) is 12.5 Å². The third-order valence-corrected chi connectivity index (χ3v) is 4.29. The molecule has 0 unspecified atom stereocenters. The molecule has 0 aliphatic carbocycles. The molecular weight excluding hydrogens is 418 g/mol. The van der Waals surface area contributed by atoms with Crippen LogP contribution in [0.25, 0.3) is 6.08 Å². The molecule has 0 spiro atoms. The highest BCUT2D eigenvalue weighted by Gasteiger charge is 2.37. The minimum Gasteiger partial charge on any atom is -0.500 e. The number of benzene rings is 2. The van der Waals surface area contributed by atoms with Crippen LogP contribution in [0.2, 0.25) is 5.02 Å². The number of anilines is 1. The van der Waals surface area contributed by atoms with E-state index in [4.69, 9.17) is 16.3 Å². The lowest BCUT2D eigenvalue weighted by molar-refractivity contribution is -0.386. The molecule has 1 aliphatic heterocycles. The Morgan fingerprint density at radius 3 is 2.63 bits per heavy atom. The van der Waals surface area contributed by atoms with E-state index in [0.717, 1.165) is 17.0 Å². The minimum atomic E-state index is -0.975. The molecule has 154 valence electrons. The summed E-state index contributed by atoms with van der Waals surface area (Å²) in [6.45, 7) is 1.73. The fourth-order valence-electron chi connectivity index (χ4n) is 2.78. The number of urea groups is 1. The molecular formula is C19H14ClN3O7. The van der Waals surface area contributed by atoms with Crippen LogP contribution in [-0.2, 0) is 9.59 Å². The summed E-state index contributed by atoms with van der Waals surface area (Å²) >= 11 is 5.91. The van der Waals surface area contributed by atoms with Gasteiger partial charge in [0.1, 0.15) is 5.57 Å². The number of phenolic OH excluding ortho intramolecular Hbond substituents is 1. The van der Waals surface area contributed by atoms with Crippen LogP contribution in [0.5, 0.6) is 11.5 Å². The molecule has 3 rings (SSSR count). The number of hydrogen-bond acceptors (Lipinski definition) is 7. The summed E-state index contributed by atoms with van der Waals surface area (Å²) in [5.74, 6) is -2.79. The van der Waals surface area contributed by atoms with E-state index < -0.39 is 39.8 Å². The lowest BCUT2D eigenvalue weighted by atomic mass is 10.1. The molecule has 11 heteroatoms. The van der Waals surface area contributed by atoms with Crippen LogP contribution < -0.4 is 15.0 Å². The van der Waals surface area contributed by atoms with E-state index in [2.05, 4.69) is 0 Å². The summed E-state index contributed by atoms with van der Waals surface area (Å²) in [6, 6.07) is 7.14. The molecule has 4 amide bonds. The number of barbiturate groups is 1. The van der Waals surface area contributed by atoms with Crippen molar-refractivity contribution in [3.8, 4) is 11.5 Å². The number of hydrogen-bond donors (Lipinski definition) is 2. The van der Waals surface area contributed by atoms with Crippen molar-refractivity contribution in [1.29, 1.82) is 0 Å². The zero-order valence-electron chi connectivity index (χ0n) is 15.4. The number of halogens is 1. The molecule has 1 saturated heterocycles. The van der Waals surface area contributed by atoms with E-state index in [-0.39, 0.29) is 28.6 Å². The first-order valence-electron chi connectivity index (χ1n) is 8.54. The third kappa shape index (κ3) is 3.94. The highest BCUT2D eigenvalue weighted by Crippen LogP contribution is 2.38. The number of nitro benzene ring substituents is 1. The van der Waals surface area contributed by atoms with Gasteiger partial charge in [-0.15, -0.1) is 0 Å². The highest BCUT2D eigenvalue weighted by molar-refractivity contribution is 6.39. The predicted octanol–water partition coefficient (Wildman–Crippen LogP) is 3.02. The quantitative estimate of drug-likeness (QED) is 0.321. The Morgan fingerprint density at radius 2 is 2.00 bits per heavy atom. The number of ether oxygens (including phenoxy) is 1. The SMILES string of the molecule is CCOc1cc(C=C2C(=O)NC(=O)N(c3cccc(Cl)c3)C2=O)cc([N+](=O)[O-])c1O. The van der Waals surface area contributed by atoms with Crippen molar-refractivity contribution in [2.24, 2.45) is 0 Å². The van der Waals surface area contributed by atoms with E-state index in [1.54, 1.807) is 13.0 Å². The van der Waals surface area contributed by atoms with Crippen LogP contribution in [0.15, 0.2) is 42.0 Å². The van der Waals surface area contributed by atoms with Gasteiger partial charge in [0.05, 0.1) is 17.2 Å². The second kappa shape index (κ2) is 8.21.